The zero-order valence-corrected chi connectivity index (χ0v) is 35.1. The Kier molecular flexibility index (Phi) is 17.3. The first-order valence-corrected chi connectivity index (χ1v) is 21.9. The third-order valence-corrected chi connectivity index (χ3v) is 11.3. The predicted molar refractivity (Wildman–Crippen MR) is 240 cm³/mol. The summed E-state index contributed by atoms with van der Waals surface area (Å²) >= 11 is 0. The summed E-state index contributed by atoms with van der Waals surface area (Å²) in [4.78, 5) is 0. The Labute approximate surface area is 362 Å². The van der Waals surface area contributed by atoms with Gasteiger partial charge in [-0.3, -0.25) is 0 Å². The van der Waals surface area contributed by atoms with Crippen LogP contribution in [0.15, 0.2) is 182 Å². The molecule has 1 heterocycles. The van der Waals surface area contributed by atoms with Crippen LogP contribution in [0.2, 0.25) is 0 Å². The van der Waals surface area contributed by atoms with Crippen LogP contribution in [0.25, 0.3) is 0 Å². The van der Waals surface area contributed by atoms with Gasteiger partial charge in [0.1, 0.15) is 30.0 Å². The van der Waals surface area contributed by atoms with Gasteiger partial charge in [-0.1, -0.05) is 208 Å². The SMILES string of the molecule is OCCCCCCCCO[C@@H]1O[C@H](COC(c2ccccc2)(c2ccccc2)c2ccccc2)[C@@H](OCc2ccccc2)[C@H](OCc2ccccc2)[C@H]1OCc1ccccc1. The van der Waals surface area contributed by atoms with Crippen LogP contribution in [0.4, 0.5) is 0 Å². The minimum Gasteiger partial charge on any atom is -0.396 e. The van der Waals surface area contributed by atoms with Crippen molar-refractivity contribution in [2.45, 2.75) is 94.7 Å². The highest BCUT2D eigenvalue weighted by atomic mass is 16.7. The maximum Gasteiger partial charge on any atom is 0.186 e. The van der Waals surface area contributed by atoms with Crippen LogP contribution in [0.1, 0.15) is 71.9 Å². The number of hydrogen-bond donors (Lipinski definition) is 1. The summed E-state index contributed by atoms with van der Waals surface area (Å²) in [6.45, 7) is 1.91. The standard InChI is InChI=1S/C54H60O7/c55-37-23-3-1-2-4-24-38-56-53-52(59-41-45-29-15-7-16-30-45)51(58-40-44-27-13-6-14-28-44)50(57-39-43-25-11-5-12-26-43)49(61-53)42-60-54(46-31-17-8-18-32-46,47-33-19-9-20-34-47)48-35-21-10-22-36-48/h5-22,25-36,49-53,55H,1-4,23-24,37-42H2/t49-,50-,51+,52-,53-/m1/s1. The van der Waals surface area contributed by atoms with Crippen LogP contribution in [0.3, 0.4) is 0 Å². The summed E-state index contributed by atoms with van der Waals surface area (Å²) in [7, 11) is 0. The zero-order chi connectivity index (χ0) is 41.8. The molecule has 1 aliphatic rings. The first-order valence-electron chi connectivity index (χ1n) is 21.9. The molecule has 1 aliphatic heterocycles. The Hall–Kier alpha value is -4.96. The van der Waals surface area contributed by atoms with Crippen LogP contribution in [0.5, 0.6) is 0 Å². The molecule has 7 rings (SSSR count). The first kappa shape index (κ1) is 44.1. The summed E-state index contributed by atoms with van der Waals surface area (Å²) in [6, 6.07) is 61.8. The van der Waals surface area contributed by atoms with Gasteiger partial charge in [-0.2, -0.15) is 0 Å². The summed E-state index contributed by atoms with van der Waals surface area (Å²) in [5.41, 5.74) is 5.13. The van der Waals surface area contributed by atoms with E-state index in [-0.39, 0.29) is 13.2 Å². The highest BCUT2D eigenvalue weighted by Gasteiger charge is 2.50. The average Bonchev–Trinajstić information content (AvgIpc) is 3.33. The van der Waals surface area contributed by atoms with Crippen LogP contribution in [-0.2, 0) is 53.8 Å². The second-order valence-electron chi connectivity index (χ2n) is 15.6. The Bertz CT molecular complexity index is 1960. The van der Waals surface area contributed by atoms with E-state index in [4.69, 9.17) is 28.4 Å². The van der Waals surface area contributed by atoms with E-state index >= 15 is 0 Å². The lowest BCUT2D eigenvalue weighted by molar-refractivity contribution is -0.330. The average molecular weight is 821 g/mol. The second-order valence-corrected chi connectivity index (χ2v) is 15.6. The van der Waals surface area contributed by atoms with Gasteiger partial charge in [-0.25, -0.2) is 0 Å². The highest BCUT2D eigenvalue weighted by Crippen LogP contribution is 2.42. The molecule has 0 bridgehead atoms. The summed E-state index contributed by atoms with van der Waals surface area (Å²) < 4.78 is 42.2. The third-order valence-electron chi connectivity index (χ3n) is 11.3. The normalized spacial score (nSPS) is 19.1. The van der Waals surface area contributed by atoms with Gasteiger partial charge in [0, 0.05) is 13.2 Å². The molecule has 7 heteroatoms. The lowest BCUT2D eigenvalue weighted by atomic mass is 9.80. The molecule has 0 amide bonds. The van der Waals surface area contributed by atoms with E-state index in [9.17, 15) is 5.11 Å². The third kappa shape index (κ3) is 12.3. The smallest absolute Gasteiger partial charge is 0.186 e. The first-order chi connectivity index (χ1) is 30.2. The zero-order valence-electron chi connectivity index (χ0n) is 35.1. The van der Waals surface area contributed by atoms with Crippen LogP contribution >= 0.6 is 0 Å². The van der Waals surface area contributed by atoms with Crippen molar-refractivity contribution in [1.29, 1.82) is 0 Å². The van der Waals surface area contributed by atoms with Gasteiger partial charge in [-0.05, 0) is 46.2 Å². The largest absolute Gasteiger partial charge is 0.396 e. The van der Waals surface area contributed by atoms with Crippen LogP contribution in [0, 0.1) is 0 Å². The fourth-order valence-corrected chi connectivity index (χ4v) is 8.11. The molecule has 0 unspecified atom stereocenters. The number of ether oxygens (including phenoxy) is 6. The molecular weight excluding hydrogens is 761 g/mol. The fraction of sp³-hybridized carbons (Fsp3) is 0.333. The molecule has 6 aromatic carbocycles. The molecule has 5 atom stereocenters. The topological polar surface area (TPSA) is 75.6 Å². The molecule has 1 N–H and O–H groups in total. The Balaban J connectivity index is 1.26. The molecule has 1 saturated heterocycles. The molecule has 0 radical (unpaired) electrons. The van der Waals surface area contributed by atoms with Crippen molar-refractivity contribution >= 4 is 0 Å². The molecule has 61 heavy (non-hydrogen) atoms. The molecule has 0 saturated carbocycles. The van der Waals surface area contributed by atoms with Crippen molar-refractivity contribution < 1.29 is 33.5 Å². The van der Waals surface area contributed by atoms with E-state index in [0.717, 1.165) is 71.9 Å². The van der Waals surface area contributed by atoms with E-state index in [1.807, 2.05) is 72.8 Å². The lowest BCUT2D eigenvalue weighted by Crippen LogP contribution is -2.62. The number of unbranched alkanes of at least 4 members (excludes halogenated alkanes) is 5. The summed E-state index contributed by atoms with van der Waals surface area (Å²) in [5, 5.41) is 9.23. The highest BCUT2D eigenvalue weighted by molar-refractivity contribution is 5.47. The molecule has 0 spiro atoms. The summed E-state index contributed by atoms with van der Waals surface area (Å²) in [6.07, 6.45) is 2.68. The van der Waals surface area contributed by atoms with E-state index < -0.39 is 36.3 Å². The van der Waals surface area contributed by atoms with E-state index in [2.05, 4.69) is 109 Å². The number of rotatable bonds is 24. The maximum atomic E-state index is 9.23. The number of benzene rings is 6. The van der Waals surface area contributed by atoms with E-state index in [1.165, 1.54) is 0 Å². The number of hydrogen-bond acceptors (Lipinski definition) is 7. The summed E-state index contributed by atoms with van der Waals surface area (Å²) in [5.74, 6) is 0. The van der Waals surface area contributed by atoms with Gasteiger partial charge in [0.2, 0.25) is 0 Å². The molecule has 0 aromatic heterocycles. The van der Waals surface area contributed by atoms with Crippen molar-refractivity contribution in [2.24, 2.45) is 0 Å². The minimum atomic E-state index is -0.982. The van der Waals surface area contributed by atoms with Gasteiger partial charge in [-0.15, -0.1) is 0 Å². The van der Waals surface area contributed by atoms with Crippen LogP contribution in [-0.4, -0.2) is 55.6 Å². The van der Waals surface area contributed by atoms with Gasteiger partial charge in [0.25, 0.3) is 0 Å². The Morgan fingerprint density at radius 2 is 0.787 bits per heavy atom. The van der Waals surface area contributed by atoms with Crippen molar-refractivity contribution in [1.82, 2.24) is 0 Å². The Morgan fingerprint density at radius 3 is 1.23 bits per heavy atom. The van der Waals surface area contributed by atoms with Crippen LogP contribution < -0.4 is 0 Å². The Morgan fingerprint density at radius 1 is 0.410 bits per heavy atom. The van der Waals surface area contributed by atoms with E-state index in [1.54, 1.807) is 0 Å². The van der Waals surface area contributed by atoms with Crippen molar-refractivity contribution in [3.8, 4) is 0 Å². The monoisotopic (exact) mass is 820 g/mol. The predicted octanol–water partition coefficient (Wildman–Crippen LogP) is 10.8. The quantitative estimate of drug-likeness (QED) is 0.0481. The van der Waals surface area contributed by atoms with Gasteiger partial charge in [0.15, 0.2) is 6.29 Å². The van der Waals surface area contributed by atoms with E-state index in [0.29, 0.717) is 26.4 Å². The van der Waals surface area contributed by atoms with Gasteiger partial charge >= 0.3 is 0 Å². The molecule has 318 valence electrons. The van der Waals surface area contributed by atoms with Gasteiger partial charge in [0.05, 0.1) is 26.4 Å². The van der Waals surface area contributed by atoms with Crippen molar-refractivity contribution in [2.75, 3.05) is 19.8 Å². The number of aliphatic hydroxyl groups is 1. The molecule has 1 fully saturated rings. The van der Waals surface area contributed by atoms with Crippen molar-refractivity contribution in [3.05, 3.63) is 215 Å². The molecular formula is C54H60O7. The molecule has 0 aliphatic carbocycles. The van der Waals surface area contributed by atoms with Gasteiger partial charge < -0.3 is 33.5 Å². The maximum absolute atomic E-state index is 9.23. The lowest BCUT2D eigenvalue weighted by Gasteiger charge is -2.47. The minimum absolute atomic E-state index is 0.152. The second kappa shape index (κ2) is 23.9. The van der Waals surface area contributed by atoms with Crippen molar-refractivity contribution in [3.63, 3.8) is 0 Å². The molecule has 6 aromatic rings. The number of aliphatic hydroxyl groups excluding tert-OH is 1. The fourth-order valence-electron chi connectivity index (χ4n) is 8.11. The molecule has 7 nitrogen and oxygen atoms in total.